The monoisotopic (exact) mass is 555 g/mol. The SMILES string of the molecule is CS(=O)(=O)Cc1ncc2c(n1)CN(c1ccc3c(ccn3-c3cc(Cl)c(OCCCl)c(C#N)c3)c1)CC2. The summed E-state index contributed by atoms with van der Waals surface area (Å²) < 4.78 is 30.9. The molecule has 3 heterocycles. The van der Waals surface area contributed by atoms with Crippen LogP contribution >= 0.6 is 23.2 Å². The lowest BCUT2D eigenvalue weighted by Gasteiger charge is -2.30. The molecule has 0 spiro atoms. The molecule has 0 saturated carbocycles. The second-order valence-corrected chi connectivity index (χ2v) is 11.8. The molecule has 11 heteroatoms. The number of nitrogens with zero attached hydrogens (tertiary/aromatic N) is 5. The van der Waals surface area contributed by atoms with Gasteiger partial charge < -0.3 is 14.2 Å². The summed E-state index contributed by atoms with van der Waals surface area (Å²) in [5.74, 6) is 0.786. The Labute approximate surface area is 224 Å². The van der Waals surface area contributed by atoms with Gasteiger partial charge in [-0.3, -0.25) is 0 Å². The van der Waals surface area contributed by atoms with E-state index >= 15 is 0 Å². The van der Waals surface area contributed by atoms with Crippen LogP contribution in [0.1, 0.15) is 22.6 Å². The number of nitriles is 1. The van der Waals surface area contributed by atoms with Gasteiger partial charge in [0.05, 0.1) is 34.2 Å². The van der Waals surface area contributed by atoms with Crippen molar-refractivity contribution in [3.8, 4) is 17.5 Å². The normalized spacial score (nSPS) is 13.4. The third-order valence-electron chi connectivity index (χ3n) is 6.18. The molecule has 5 rings (SSSR count). The zero-order valence-electron chi connectivity index (χ0n) is 20.0. The Hall–Kier alpha value is -3.32. The van der Waals surface area contributed by atoms with Crippen LogP contribution in [0, 0.1) is 11.3 Å². The number of ether oxygens (including phenoxy) is 1. The number of benzene rings is 2. The third-order valence-corrected chi connectivity index (χ3v) is 7.39. The maximum absolute atomic E-state index is 11.7. The number of rotatable bonds is 7. The average Bonchev–Trinajstić information content (AvgIpc) is 3.29. The number of hydrogen-bond donors (Lipinski definition) is 0. The quantitative estimate of drug-likeness (QED) is 0.305. The number of sulfone groups is 1. The predicted molar refractivity (Wildman–Crippen MR) is 145 cm³/mol. The fourth-order valence-electron chi connectivity index (χ4n) is 4.51. The molecule has 2 aromatic heterocycles. The number of halogens is 2. The topological polar surface area (TPSA) is 101 Å². The van der Waals surface area contributed by atoms with E-state index in [1.807, 2.05) is 29.0 Å². The van der Waals surface area contributed by atoms with Crippen molar-refractivity contribution >= 4 is 49.6 Å². The highest BCUT2D eigenvalue weighted by atomic mass is 35.5. The predicted octanol–water partition coefficient (Wildman–Crippen LogP) is 4.67. The van der Waals surface area contributed by atoms with E-state index in [0.717, 1.165) is 46.5 Å². The van der Waals surface area contributed by atoms with Crippen molar-refractivity contribution in [1.29, 1.82) is 5.26 Å². The Kier molecular flexibility index (Phi) is 6.99. The smallest absolute Gasteiger partial charge is 0.155 e. The van der Waals surface area contributed by atoms with Gasteiger partial charge in [0.25, 0.3) is 0 Å². The molecule has 0 saturated heterocycles. The van der Waals surface area contributed by atoms with E-state index in [1.165, 1.54) is 6.26 Å². The van der Waals surface area contributed by atoms with Crippen molar-refractivity contribution in [2.24, 2.45) is 0 Å². The second kappa shape index (κ2) is 10.2. The molecule has 0 fully saturated rings. The minimum absolute atomic E-state index is 0.170. The van der Waals surface area contributed by atoms with Crippen molar-refractivity contribution in [3.05, 3.63) is 76.5 Å². The number of anilines is 1. The maximum Gasteiger partial charge on any atom is 0.155 e. The highest BCUT2D eigenvalue weighted by Crippen LogP contribution is 2.34. The van der Waals surface area contributed by atoms with Gasteiger partial charge >= 0.3 is 0 Å². The Bertz CT molecular complexity index is 1650. The first-order valence-electron chi connectivity index (χ1n) is 11.6. The van der Waals surface area contributed by atoms with Crippen molar-refractivity contribution in [2.75, 3.05) is 30.2 Å². The zero-order valence-corrected chi connectivity index (χ0v) is 22.3. The molecule has 0 amide bonds. The molecule has 0 N–H and O–H groups in total. The molecule has 0 bridgehead atoms. The number of hydrogen-bond acceptors (Lipinski definition) is 7. The van der Waals surface area contributed by atoms with Crippen molar-refractivity contribution in [1.82, 2.24) is 14.5 Å². The van der Waals surface area contributed by atoms with Gasteiger partial charge in [-0.05, 0) is 48.4 Å². The van der Waals surface area contributed by atoms with Gasteiger partial charge in [0, 0.05) is 42.0 Å². The number of alkyl halides is 1. The minimum Gasteiger partial charge on any atom is -0.489 e. The lowest BCUT2D eigenvalue weighted by molar-refractivity contribution is 0.342. The van der Waals surface area contributed by atoms with Crippen LogP contribution in [0.25, 0.3) is 16.6 Å². The van der Waals surface area contributed by atoms with E-state index in [9.17, 15) is 13.7 Å². The highest BCUT2D eigenvalue weighted by Gasteiger charge is 2.21. The fraction of sp³-hybridized carbons (Fsp3) is 0.269. The van der Waals surface area contributed by atoms with Crippen LogP contribution in [0.4, 0.5) is 5.69 Å². The number of aromatic nitrogens is 3. The molecule has 2 aromatic carbocycles. The van der Waals surface area contributed by atoms with Crippen LogP contribution in [0.2, 0.25) is 5.02 Å². The first-order chi connectivity index (χ1) is 17.8. The van der Waals surface area contributed by atoms with Gasteiger partial charge in [0.1, 0.15) is 24.3 Å². The summed E-state index contributed by atoms with van der Waals surface area (Å²) in [6, 6.07) is 13.9. The second-order valence-electron chi connectivity index (χ2n) is 8.88. The van der Waals surface area contributed by atoms with E-state index in [0.29, 0.717) is 34.6 Å². The third kappa shape index (κ3) is 5.37. The Morgan fingerprint density at radius 2 is 2.03 bits per heavy atom. The van der Waals surface area contributed by atoms with Gasteiger partial charge in [-0.2, -0.15) is 5.26 Å². The van der Waals surface area contributed by atoms with Crippen molar-refractivity contribution < 1.29 is 13.2 Å². The molecule has 4 aromatic rings. The largest absolute Gasteiger partial charge is 0.489 e. The summed E-state index contributed by atoms with van der Waals surface area (Å²) in [5, 5.41) is 11.0. The van der Waals surface area contributed by atoms with Crippen LogP contribution in [-0.4, -0.2) is 48.2 Å². The lowest BCUT2D eigenvalue weighted by Crippen LogP contribution is -2.31. The summed E-state index contributed by atoms with van der Waals surface area (Å²) in [7, 11) is -3.21. The van der Waals surface area contributed by atoms with Gasteiger partial charge in [-0.1, -0.05) is 11.6 Å². The first kappa shape index (κ1) is 25.3. The Morgan fingerprint density at radius 3 is 2.78 bits per heavy atom. The minimum atomic E-state index is -3.21. The molecule has 37 heavy (non-hydrogen) atoms. The molecular weight excluding hydrogens is 533 g/mol. The van der Waals surface area contributed by atoms with Gasteiger partial charge in [0.15, 0.2) is 15.6 Å². The van der Waals surface area contributed by atoms with Crippen LogP contribution in [-0.2, 0) is 28.6 Å². The summed E-state index contributed by atoms with van der Waals surface area (Å²) >= 11 is 12.2. The molecule has 0 radical (unpaired) electrons. The standard InChI is InChI=1S/C26H23Cl2N5O3S/c1-37(34,35)16-25-30-14-18-4-7-32(15-23(18)31-25)20-2-3-24-17(10-20)5-8-33(24)21-11-19(13-29)26(22(28)12-21)36-9-6-27/h2-3,5,8,10-12,14H,4,6-7,9,15-16H2,1H3. The van der Waals surface area contributed by atoms with Crippen LogP contribution in [0.3, 0.4) is 0 Å². The number of fused-ring (bicyclic) bond motifs is 2. The molecule has 1 aliphatic rings. The summed E-state index contributed by atoms with van der Waals surface area (Å²) in [4.78, 5) is 11.0. The Morgan fingerprint density at radius 1 is 1.19 bits per heavy atom. The summed E-state index contributed by atoms with van der Waals surface area (Å²) in [6.45, 7) is 1.64. The van der Waals surface area contributed by atoms with Crippen LogP contribution in [0.15, 0.2) is 48.8 Å². The molecule has 0 aliphatic carbocycles. The van der Waals surface area contributed by atoms with E-state index in [2.05, 4.69) is 27.0 Å². The molecular formula is C26H23Cl2N5O3S. The van der Waals surface area contributed by atoms with Gasteiger partial charge in [-0.25, -0.2) is 18.4 Å². The fourth-order valence-corrected chi connectivity index (χ4v) is 5.46. The van der Waals surface area contributed by atoms with Gasteiger partial charge in [0.2, 0.25) is 0 Å². The molecule has 0 atom stereocenters. The molecule has 0 unspecified atom stereocenters. The van der Waals surface area contributed by atoms with E-state index in [1.54, 1.807) is 18.3 Å². The van der Waals surface area contributed by atoms with Crippen molar-refractivity contribution in [3.63, 3.8) is 0 Å². The average molecular weight is 556 g/mol. The van der Waals surface area contributed by atoms with Crippen LogP contribution in [0.5, 0.6) is 5.75 Å². The van der Waals surface area contributed by atoms with E-state index < -0.39 is 9.84 Å². The maximum atomic E-state index is 11.7. The molecule has 1 aliphatic heterocycles. The first-order valence-corrected chi connectivity index (χ1v) is 14.5. The molecule has 190 valence electrons. The van der Waals surface area contributed by atoms with E-state index in [-0.39, 0.29) is 12.4 Å². The lowest BCUT2D eigenvalue weighted by atomic mass is 10.1. The van der Waals surface area contributed by atoms with Crippen LogP contribution < -0.4 is 9.64 Å². The van der Waals surface area contributed by atoms with E-state index in [4.69, 9.17) is 27.9 Å². The van der Waals surface area contributed by atoms with Gasteiger partial charge in [-0.15, -0.1) is 11.6 Å². The summed E-state index contributed by atoms with van der Waals surface area (Å²) in [5.41, 5.74) is 5.00. The van der Waals surface area contributed by atoms with Crippen molar-refractivity contribution in [2.45, 2.75) is 18.7 Å². The zero-order chi connectivity index (χ0) is 26.2. The summed E-state index contributed by atoms with van der Waals surface area (Å²) in [6.07, 6.45) is 5.65. The Balaban J connectivity index is 1.43. The molecule has 8 nitrogen and oxygen atoms in total. The highest BCUT2D eigenvalue weighted by molar-refractivity contribution is 7.89.